The predicted molar refractivity (Wildman–Crippen MR) is 102 cm³/mol. The summed E-state index contributed by atoms with van der Waals surface area (Å²) in [5.74, 6) is 2.42. The summed E-state index contributed by atoms with van der Waals surface area (Å²) in [5.41, 5.74) is 4.05. The van der Waals surface area contributed by atoms with Crippen LogP contribution in [0.25, 0.3) is 0 Å². The molecular formula is C18H22N4O2S. The van der Waals surface area contributed by atoms with E-state index in [1.807, 2.05) is 12.1 Å². The molecule has 2 aliphatic heterocycles. The van der Waals surface area contributed by atoms with Crippen LogP contribution in [-0.2, 0) is 0 Å². The van der Waals surface area contributed by atoms with Gasteiger partial charge in [-0.2, -0.15) is 0 Å². The Morgan fingerprint density at radius 1 is 1.00 bits per heavy atom. The van der Waals surface area contributed by atoms with Crippen molar-refractivity contribution in [3.63, 3.8) is 0 Å². The molecule has 3 heterocycles. The molecule has 1 aromatic heterocycles. The Labute approximate surface area is 151 Å². The van der Waals surface area contributed by atoms with Gasteiger partial charge >= 0.3 is 0 Å². The number of aliphatic imine (C=N–C) groups is 1. The molecule has 2 aromatic rings. The van der Waals surface area contributed by atoms with Gasteiger partial charge in [0.2, 0.25) is 0 Å². The fraction of sp³-hybridized carbons (Fsp3) is 0.389. The first kappa shape index (κ1) is 16.2. The molecule has 1 aromatic carbocycles. The van der Waals surface area contributed by atoms with E-state index in [4.69, 9.17) is 14.5 Å². The summed E-state index contributed by atoms with van der Waals surface area (Å²) < 4.78 is 10.9. The van der Waals surface area contributed by atoms with Crippen LogP contribution in [0.4, 0.5) is 17.1 Å². The highest BCUT2D eigenvalue weighted by Gasteiger charge is 2.25. The number of ether oxygens (including phenoxy) is 2. The highest BCUT2D eigenvalue weighted by atomic mass is 32.1. The van der Waals surface area contributed by atoms with Crippen molar-refractivity contribution in [1.82, 2.24) is 9.80 Å². The van der Waals surface area contributed by atoms with Gasteiger partial charge in [0, 0.05) is 49.1 Å². The number of hydrogen-bond acceptors (Lipinski definition) is 7. The monoisotopic (exact) mass is 358 g/mol. The molecule has 0 saturated carbocycles. The minimum Gasteiger partial charge on any atom is -0.493 e. The van der Waals surface area contributed by atoms with Gasteiger partial charge in [-0.3, -0.25) is 0 Å². The highest BCUT2D eigenvalue weighted by Crippen LogP contribution is 2.42. The number of anilines is 2. The Morgan fingerprint density at radius 2 is 1.72 bits per heavy atom. The number of thiophene rings is 1. The molecule has 1 fully saturated rings. The molecular weight excluding hydrogens is 336 g/mol. The minimum absolute atomic E-state index is 0.689. The number of fused-ring (bicyclic) bond motifs is 2. The summed E-state index contributed by atoms with van der Waals surface area (Å²) in [6.45, 7) is 4.05. The van der Waals surface area contributed by atoms with Crippen molar-refractivity contribution in [1.29, 1.82) is 0 Å². The fourth-order valence-corrected chi connectivity index (χ4v) is 3.97. The second-order valence-electron chi connectivity index (χ2n) is 6.27. The van der Waals surface area contributed by atoms with Gasteiger partial charge in [0.25, 0.3) is 0 Å². The van der Waals surface area contributed by atoms with Crippen molar-refractivity contribution in [3.8, 4) is 11.5 Å². The van der Waals surface area contributed by atoms with Gasteiger partial charge < -0.3 is 24.6 Å². The molecule has 2 aliphatic rings. The lowest BCUT2D eigenvalue weighted by Crippen LogP contribution is -2.47. The van der Waals surface area contributed by atoms with Crippen LogP contribution in [0.5, 0.6) is 11.5 Å². The molecule has 0 amide bonds. The van der Waals surface area contributed by atoms with Crippen LogP contribution in [0.15, 0.2) is 27.9 Å². The number of amidine groups is 1. The van der Waals surface area contributed by atoms with Gasteiger partial charge in [-0.1, -0.05) is 0 Å². The van der Waals surface area contributed by atoms with E-state index in [1.54, 1.807) is 25.6 Å². The van der Waals surface area contributed by atoms with E-state index in [-0.39, 0.29) is 0 Å². The number of methoxy groups -OCH3 is 2. The molecule has 1 N–H and O–H groups in total. The highest BCUT2D eigenvalue weighted by molar-refractivity contribution is 7.08. The second kappa shape index (κ2) is 6.57. The van der Waals surface area contributed by atoms with Crippen molar-refractivity contribution in [2.45, 2.75) is 0 Å². The zero-order valence-electron chi connectivity index (χ0n) is 14.7. The smallest absolute Gasteiger partial charge is 0.163 e. The summed E-state index contributed by atoms with van der Waals surface area (Å²) in [6, 6.07) is 3.89. The Kier molecular flexibility index (Phi) is 4.27. The SMILES string of the molecule is COc1cc2c(cc1OC)Nc1cscc1C(N1CCN(C)CC1)=N2. The van der Waals surface area contributed by atoms with Crippen LogP contribution >= 0.6 is 11.3 Å². The van der Waals surface area contributed by atoms with E-state index in [0.29, 0.717) is 11.5 Å². The first-order chi connectivity index (χ1) is 12.2. The van der Waals surface area contributed by atoms with Crippen LogP contribution in [-0.4, -0.2) is 63.1 Å². The van der Waals surface area contributed by atoms with Crippen molar-refractivity contribution in [2.75, 3.05) is 52.8 Å². The van der Waals surface area contributed by atoms with Crippen molar-refractivity contribution in [2.24, 2.45) is 4.99 Å². The van der Waals surface area contributed by atoms with E-state index < -0.39 is 0 Å². The van der Waals surface area contributed by atoms with Gasteiger partial charge in [-0.15, -0.1) is 11.3 Å². The molecule has 1 saturated heterocycles. The van der Waals surface area contributed by atoms with Crippen molar-refractivity contribution < 1.29 is 9.47 Å². The van der Waals surface area contributed by atoms with Gasteiger partial charge in [-0.25, -0.2) is 4.99 Å². The topological polar surface area (TPSA) is 49.3 Å². The number of nitrogens with zero attached hydrogens (tertiary/aromatic N) is 3. The Bertz CT molecular complexity index is 809. The first-order valence-electron chi connectivity index (χ1n) is 8.31. The van der Waals surface area contributed by atoms with Gasteiger partial charge in [0.15, 0.2) is 11.5 Å². The lowest BCUT2D eigenvalue weighted by atomic mass is 10.2. The first-order valence-corrected chi connectivity index (χ1v) is 9.25. The maximum Gasteiger partial charge on any atom is 0.163 e. The second-order valence-corrected chi connectivity index (χ2v) is 7.02. The fourth-order valence-electron chi connectivity index (χ4n) is 3.21. The molecule has 4 rings (SSSR count). The quantitative estimate of drug-likeness (QED) is 0.894. The molecule has 132 valence electrons. The lowest BCUT2D eigenvalue weighted by molar-refractivity contribution is 0.216. The van der Waals surface area contributed by atoms with Crippen molar-refractivity contribution in [3.05, 3.63) is 28.5 Å². The zero-order valence-corrected chi connectivity index (χ0v) is 15.5. The number of likely N-dealkylation sites (N-methyl/N-ethyl adjacent to an activating group) is 1. The molecule has 0 aliphatic carbocycles. The molecule has 6 nitrogen and oxygen atoms in total. The van der Waals surface area contributed by atoms with Crippen LogP contribution in [0.3, 0.4) is 0 Å². The van der Waals surface area contributed by atoms with E-state index in [1.165, 1.54) is 0 Å². The molecule has 25 heavy (non-hydrogen) atoms. The van der Waals surface area contributed by atoms with Crippen LogP contribution < -0.4 is 14.8 Å². The van der Waals surface area contributed by atoms with Crippen LogP contribution in [0.2, 0.25) is 0 Å². The standard InChI is InChI=1S/C18H22N4O2S/c1-21-4-6-22(7-5-21)18-12-10-25-11-15(12)19-13-8-16(23-2)17(24-3)9-14(13)20-18/h8-11,19H,4-7H2,1-3H3. The summed E-state index contributed by atoms with van der Waals surface area (Å²) in [5, 5.41) is 7.81. The largest absolute Gasteiger partial charge is 0.493 e. The summed E-state index contributed by atoms with van der Waals surface area (Å²) in [6.07, 6.45) is 0. The summed E-state index contributed by atoms with van der Waals surface area (Å²) in [7, 11) is 5.46. The number of benzene rings is 1. The third-order valence-corrected chi connectivity index (χ3v) is 5.45. The number of rotatable bonds is 2. The van der Waals surface area contributed by atoms with E-state index in [2.05, 4.69) is 32.9 Å². The third-order valence-electron chi connectivity index (χ3n) is 4.70. The van der Waals surface area contributed by atoms with Crippen LogP contribution in [0.1, 0.15) is 5.56 Å². The zero-order chi connectivity index (χ0) is 17.4. The molecule has 0 atom stereocenters. The molecule has 0 unspecified atom stereocenters. The summed E-state index contributed by atoms with van der Waals surface area (Å²) >= 11 is 1.69. The predicted octanol–water partition coefficient (Wildman–Crippen LogP) is 3.15. The van der Waals surface area contributed by atoms with E-state index in [9.17, 15) is 0 Å². The number of hydrogen-bond donors (Lipinski definition) is 1. The van der Waals surface area contributed by atoms with Crippen molar-refractivity contribution >= 4 is 34.2 Å². The van der Waals surface area contributed by atoms with Gasteiger partial charge in [0.1, 0.15) is 5.84 Å². The maximum absolute atomic E-state index is 5.46. The Balaban J connectivity index is 1.81. The average molecular weight is 358 g/mol. The maximum atomic E-state index is 5.46. The number of nitrogens with one attached hydrogen (secondary N) is 1. The van der Waals surface area contributed by atoms with Gasteiger partial charge in [-0.05, 0) is 7.05 Å². The number of piperazine rings is 1. The minimum atomic E-state index is 0.689. The summed E-state index contributed by atoms with van der Waals surface area (Å²) in [4.78, 5) is 9.74. The van der Waals surface area contributed by atoms with E-state index in [0.717, 1.165) is 54.6 Å². The van der Waals surface area contributed by atoms with Crippen LogP contribution in [0, 0.1) is 0 Å². The molecule has 0 spiro atoms. The van der Waals surface area contributed by atoms with E-state index >= 15 is 0 Å². The Hall–Kier alpha value is -2.25. The normalized spacial score (nSPS) is 17.1. The third kappa shape index (κ3) is 2.94. The molecule has 0 radical (unpaired) electrons. The molecule has 7 heteroatoms. The average Bonchev–Trinajstić information content (AvgIpc) is 3.03. The Morgan fingerprint density at radius 3 is 2.44 bits per heavy atom. The lowest BCUT2D eigenvalue weighted by Gasteiger charge is -2.34. The molecule has 0 bridgehead atoms. The van der Waals surface area contributed by atoms with Gasteiger partial charge in [0.05, 0.1) is 36.8 Å².